The van der Waals surface area contributed by atoms with Gasteiger partial charge in [0.2, 0.25) is 0 Å². The summed E-state index contributed by atoms with van der Waals surface area (Å²) < 4.78 is 12.5. The number of aromatic carboxylic acids is 1. The van der Waals surface area contributed by atoms with Crippen LogP contribution in [0.3, 0.4) is 0 Å². The molecule has 306 valence electrons. The number of anilines is 1. The van der Waals surface area contributed by atoms with Crippen molar-refractivity contribution < 1.29 is 62.9 Å². The fourth-order valence-electron chi connectivity index (χ4n) is 4.28. The van der Waals surface area contributed by atoms with Crippen molar-refractivity contribution in [3.63, 3.8) is 0 Å². The van der Waals surface area contributed by atoms with E-state index in [9.17, 15) is 19.2 Å². The summed E-state index contributed by atoms with van der Waals surface area (Å²) in [5.74, 6) is 4.73. The number of ether oxygens (including phenoxy) is 2. The summed E-state index contributed by atoms with van der Waals surface area (Å²) in [5.41, 5.74) is 7.56. The normalized spacial score (nSPS) is 9.93. The first-order valence-electron chi connectivity index (χ1n) is 17.2. The van der Waals surface area contributed by atoms with Gasteiger partial charge in [0.05, 0.1) is 31.0 Å². The molecule has 0 aliphatic carbocycles. The van der Waals surface area contributed by atoms with Crippen LogP contribution in [-0.2, 0) is 23.9 Å². The third-order valence-electron chi connectivity index (χ3n) is 6.78. The number of carboxylic acids is 1. The number of pyridine rings is 3. The molecule has 0 aliphatic rings. The number of oxime groups is 1. The molecule has 19 nitrogen and oxygen atoms in total. The van der Waals surface area contributed by atoms with Crippen molar-refractivity contribution in [2.75, 3.05) is 25.7 Å². The van der Waals surface area contributed by atoms with E-state index in [0.29, 0.717) is 35.4 Å². The zero-order valence-corrected chi connectivity index (χ0v) is 34.4. The second-order valence-corrected chi connectivity index (χ2v) is 11.8. The van der Waals surface area contributed by atoms with Gasteiger partial charge in [-0.05, 0) is 102 Å². The van der Waals surface area contributed by atoms with Crippen LogP contribution in [0.4, 0.5) is 5.82 Å². The molecule has 0 fully saturated rings. The van der Waals surface area contributed by atoms with E-state index in [1.165, 1.54) is 29.5 Å². The molecule has 0 saturated carbocycles. The maximum absolute atomic E-state index is 11.8. The number of esters is 2. The number of nitrogens with one attached hydrogen (secondary N) is 1. The molecule has 5 heterocycles. The van der Waals surface area contributed by atoms with Crippen molar-refractivity contribution in [2.24, 2.45) is 11.0 Å². The van der Waals surface area contributed by atoms with Gasteiger partial charge in [-0.25, -0.2) is 44.5 Å². The van der Waals surface area contributed by atoms with Gasteiger partial charge in [-0.1, -0.05) is 23.4 Å². The van der Waals surface area contributed by atoms with E-state index in [1.807, 2.05) is 58.0 Å². The first-order valence-corrected chi connectivity index (χ1v) is 17.2. The van der Waals surface area contributed by atoms with E-state index in [1.54, 1.807) is 51.5 Å². The Bertz CT molecular complexity index is 2070. The Morgan fingerprint density at radius 1 is 0.759 bits per heavy atom. The fraction of sp³-hybridized carbons (Fsp3) is 0.316. The maximum atomic E-state index is 11.8. The van der Waals surface area contributed by atoms with Crippen molar-refractivity contribution >= 4 is 35.2 Å². The van der Waals surface area contributed by atoms with Crippen LogP contribution in [0.5, 0.6) is 0 Å². The number of nitrogens with zero attached hydrogens (tertiary/aromatic N) is 8. The molecule has 5 aromatic heterocycles. The van der Waals surface area contributed by atoms with Crippen LogP contribution < -0.4 is 30.1 Å². The Kier molecular flexibility index (Phi) is 23.7. The number of nitrogens with two attached hydrogens (primary N) is 1. The third kappa shape index (κ3) is 17.3. The number of hydrazine groups is 1. The minimum Gasteiger partial charge on any atom is -0.870 e. The average Bonchev–Trinajstić information content (AvgIpc) is 3.76. The van der Waals surface area contributed by atoms with Crippen molar-refractivity contribution in [2.45, 2.75) is 61.8 Å². The minimum absolute atomic E-state index is 0. The molecule has 20 heteroatoms. The van der Waals surface area contributed by atoms with Gasteiger partial charge >= 0.3 is 36.8 Å². The Morgan fingerprint density at radius 2 is 1.22 bits per heavy atom. The molecule has 0 bridgehead atoms. The summed E-state index contributed by atoms with van der Waals surface area (Å²) >= 11 is 0. The standard InChI is InChI=1S/C13H15N3O2.C11H11N3O2.C8H13NO4.C6H9N3.Li.H2O/c1-4-18-13(17)11-7-10(3)15-16(11)12-6-5-9(2)8-14-12;1-7-3-4-10(12-6-7)14-9(11(15)16)5-8(2)13-14;1-4-13-8(11)7(9-12-3)5-6(2)10;1-5-2-3-6(9-7)8-4-5;;/h5-8H,4H2,1-3H3;3-6H,1-2H3,(H,15,16);4-5H2,1-3H3;2-4H,7H2,1H3,(H,8,9);;1H2/q;;;;+1;/p-1. The molecule has 0 amide bonds. The number of nitrogen functional groups attached to an aromatic ring is 1. The van der Waals surface area contributed by atoms with E-state index in [0.717, 1.165) is 22.4 Å². The molecule has 0 saturated heterocycles. The molecule has 0 spiro atoms. The van der Waals surface area contributed by atoms with Gasteiger partial charge < -0.3 is 30.3 Å². The van der Waals surface area contributed by atoms with Crippen LogP contribution in [0, 0.1) is 34.6 Å². The van der Waals surface area contributed by atoms with E-state index in [4.69, 9.17) is 15.7 Å². The Balaban J connectivity index is 0.000000758. The predicted octanol–water partition coefficient (Wildman–Crippen LogP) is 1.68. The first kappa shape index (κ1) is 51.7. The van der Waals surface area contributed by atoms with Gasteiger partial charge in [-0.15, -0.1) is 0 Å². The molecule has 58 heavy (non-hydrogen) atoms. The number of hydrogen-bond donors (Lipinski definition) is 3. The van der Waals surface area contributed by atoms with E-state index in [-0.39, 0.29) is 60.5 Å². The van der Waals surface area contributed by atoms with Crippen molar-refractivity contribution in [3.05, 3.63) is 107 Å². The van der Waals surface area contributed by atoms with Crippen LogP contribution >= 0.6 is 0 Å². The number of hydrogen-bond acceptors (Lipinski definition) is 16. The van der Waals surface area contributed by atoms with Gasteiger partial charge in [0.1, 0.15) is 18.7 Å². The van der Waals surface area contributed by atoms with Crippen molar-refractivity contribution in [1.82, 2.24) is 34.5 Å². The van der Waals surface area contributed by atoms with Gasteiger partial charge in [0.15, 0.2) is 28.7 Å². The number of aromatic nitrogens is 7. The number of aryl methyl sites for hydroxylation is 5. The monoisotopic (exact) mass is 796 g/mol. The molecule has 5 rings (SSSR count). The van der Waals surface area contributed by atoms with E-state index < -0.39 is 11.9 Å². The second kappa shape index (κ2) is 26.6. The Labute approximate surface area is 348 Å². The van der Waals surface area contributed by atoms with E-state index >= 15 is 0 Å². The quantitative estimate of drug-likeness (QED) is 0.0564. The van der Waals surface area contributed by atoms with Crippen molar-refractivity contribution in [1.29, 1.82) is 0 Å². The maximum Gasteiger partial charge on any atom is 1.00 e. The molecule has 0 aromatic carbocycles. The number of ketones is 1. The Hall–Kier alpha value is -6.26. The molecular formula is C38H49LiN10O9. The van der Waals surface area contributed by atoms with Crippen LogP contribution in [0.2, 0.25) is 0 Å². The number of Topliss-reactive ketones (excluding diaryl/α,β-unsaturated/α-hetero) is 1. The van der Waals surface area contributed by atoms with Crippen LogP contribution in [-0.4, -0.2) is 94.8 Å². The number of carboxylic acid groups (broad SMARTS) is 1. The smallest absolute Gasteiger partial charge is 0.870 e. The minimum atomic E-state index is -1.01. The summed E-state index contributed by atoms with van der Waals surface area (Å²) in [4.78, 5) is 61.3. The summed E-state index contributed by atoms with van der Waals surface area (Å²) in [7, 11) is 1.30. The molecule has 5 aromatic rings. The third-order valence-corrected chi connectivity index (χ3v) is 6.78. The molecule has 0 radical (unpaired) electrons. The molecule has 0 aliphatic heterocycles. The van der Waals surface area contributed by atoms with E-state index in [2.05, 4.69) is 45.3 Å². The van der Waals surface area contributed by atoms with Gasteiger partial charge in [0.25, 0.3) is 0 Å². The molecule has 5 N–H and O–H groups in total. The number of carbonyl (C=O) groups excluding carboxylic acids is 3. The topological polar surface area (TPSA) is 271 Å². The van der Waals surface area contributed by atoms with Gasteiger partial charge in [-0.3, -0.25) is 4.79 Å². The zero-order chi connectivity index (χ0) is 41.8. The molecular weight excluding hydrogens is 747 g/mol. The van der Waals surface area contributed by atoms with Crippen LogP contribution in [0.1, 0.15) is 76.2 Å². The van der Waals surface area contributed by atoms with Crippen LogP contribution in [0.15, 0.2) is 72.3 Å². The predicted molar refractivity (Wildman–Crippen MR) is 210 cm³/mol. The summed E-state index contributed by atoms with van der Waals surface area (Å²) in [6.07, 6.45) is 5.11. The number of carbonyl (C=O) groups is 4. The van der Waals surface area contributed by atoms with Gasteiger partial charge in [0, 0.05) is 18.6 Å². The van der Waals surface area contributed by atoms with Crippen LogP contribution in [0.25, 0.3) is 11.6 Å². The SMILES string of the molecule is CCOC(=O)C(CC(C)=O)=NOC.CCOC(=O)c1cc(C)nn1-c1ccc(C)cn1.Cc1ccc(-n2nc(C)cc2C(=O)O)nc1.Cc1ccc(NN)nc1.[Li+].[OH-]. The molecule has 0 unspecified atom stereocenters. The summed E-state index contributed by atoms with van der Waals surface area (Å²) in [6, 6.07) is 14.3. The first-order chi connectivity index (χ1) is 26.6. The average molecular weight is 797 g/mol. The Morgan fingerprint density at radius 3 is 1.60 bits per heavy atom. The zero-order valence-electron chi connectivity index (χ0n) is 34.4. The fourth-order valence-corrected chi connectivity index (χ4v) is 4.28. The van der Waals surface area contributed by atoms with Crippen molar-refractivity contribution in [3.8, 4) is 11.6 Å². The number of rotatable bonds is 11. The largest absolute Gasteiger partial charge is 1.00 e. The summed E-state index contributed by atoms with van der Waals surface area (Å²) in [6.45, 7) is 14.8. The molecule has 0 atom stereocenters. The van der Waals surface area contributed by atoms with Gasteiger partial charge in [-0.2, -0.15) is 10.2 Å². The second-order valence-electron chi connectivity index (χ2n) is 11.8. The summed E-state index contributed by atoms with van der Waals surface area (Å²) in [5, 5.41) is 20.8.